The number of esters is 1. The van der Waals surface area contributed by atoms with Crippen LogP contribution in [0.5, 0.6) is 0 Å². The predicted octanol–water partition coefficient (Wildman–Crippen LogP) is 1.87. The summed E-state index contributed by atoms with van der Waals surface area (Å²) >= 11 is 0. The summed E-state index contributed by atoms with van der Waals surface area (Å²) in [5, 5.41) is 1.71. The van der Waals surface area contributed by atoms with Crippen LogP contribution in [0.1, 0.15) is 17.4 Å². The molecule has 5 heteroatoms. The maximum atomic E-state index is 12.4. The molecule has 0 saturated carbocycles. The average Bonchev–Trinajstić information content (AvgIpc) is 2.46. The number of fused-ring (bicyclic) bond motifs is 1. The minimum atomic E-state index is -0.427. The second-order valence-electron chi connectivity index (χ2n) is 4.35. The van der Waals surface area contributed by atoms with E-state index in [9.17, 15) is 9.59 Å². The molecule has 1 heterocycles. The van der Waals surface area contributed by atoms with Crippen LogP contribution in [0.25, 0.3) is 10.8 Å². The standard InChI is InChI=1S/C15H16N2O3/c1-3-20-13(18)10-17(2)15(19)14-12-7-5-4-6-11(12)8-9-16-14/h4-9H,3,10H2,1-2H3. The summed E-state index contributed by atoms with van der Waals surface area (Å²) in [5.74, 6) is -0.724. The highest BCUT2D eigenvalue weighted by atomic mass is 16.5. The Bertz CT molecular complexity index is 635. The van der Waals surface area contributed by atoms with Crippen molar-refractivity contribution < 1.29 is 14.3 Å². The van der Waals surface area contributed by atoms with E-state index in [-0.39, 0.29) is 12.5 Å². The lowest BCUT2D eigenvalue weighted by Crippen LogP contribution is -2.33. The van der Waals surface area contributed by atoms with E-state index in [1.54, 1.807) is 20.2 Å². The number of ether oxygens (including phenoxy) is 1. The number of pyridine rings is 1. The van der Waals surface area contributed by atoms with Crippen molar-refractivity contribution in [2.75, 3.05) is 20.2 Å². The van der Waals surface area contributed by atoms with Crippen molar-refractivity contribution in [2.45, 2.75) is 6.92 Å². The smallest absolute Gasteiger partial charge is 0.325 e. The Kier molecular flexibility index (Phi) is 4.30. The second-order valence-corrected chi connectivity index (χ2v) is 4.35. The fourth-order valence-corrected chi connectivity index (χ4v) is 1.94. The monoisotopic (exact) mass is 272 g/mol. The van der Waals surface area contributed by atoms with Crippen LogP contribution in [0.15, 0.2) is 36.5 Å². The Labute approximate surface area is 117 Å². The number of benzene rings is 1. The maximum absolute atomic E-state index is 12.4. The maximum Gasteiger partial charge on any atom is 0.325 e. The van der Waals surface area contributed by atoms with E-state index < -0.39 is 5.97 Å². The van der Waals surface area contributed by atoms with Gasteiger partial charge in [0.2, 0.25) is 0 Å². The molecule has 104 valence electrons. The molecule has 1 aromatic carbocycles. The van der Waals surface area contributed by atoms with Crippen LogP contribution in [-0.4, -0.2) is 42.0 Å². The minimum absolute atomic E-state index is 0.0857. The van der Waals surface area contributed by atoms with Crippen LogP contribution in [0.3, 0.4) is 0 Å². The number of carbonyl (C=O) groups is 2. The van der Waals surface area contributed by atoms with Crippen molar-refractivity contribution in [3.8, 4) is 0 Å². The van der Waals surface area contributed by atoms with Crippen molar-refractivity contribution in [3.63, 3.8) is 0 Å². The molecule has 0 fully saturated rings. The van der Waals surface area contributed by atoms with Crippen LogP contribution < -0.4 is 0 Å². The van der Waals surface area contributed by atoms with E-state index in [2.05, 4.69) is 4.98 Å². The topological polar surface area (TPSA) is 59.5 Å². The lowest BCUT2D eigenvalue weighted by Gasteiger charge is -2.16. The van der Waals surface area contributed by atoms with E-state index >= 15 is 0 Å². The molecule has 2 aromatic rings. The highest BCUT2D eigenvalue weighted by Gasteiger charge is 2.18. The van der Waals surface area contributed by atoms with E-state index in [0.717, 1.165) is 10.8 Å². The molecule has 1 amide bonds. The molecule has 1 aromatic heterocycles. The highest BCUT2D eigenvalue weighted by molar-refractivity contribution is 6.05. The number of amides is 1. The van der Waals surface area contributed by atoms with Crippen LogP contribution in [0, 0.1) is 0 Å². The number of carbonyl (C=O) groups excluding carboxylic acids is 2. The summed E-state index contributed by atoms with van der Waals surface area (Å²) in [5.41, 5.74) is 0.342. The van der Waals surface area contributed by atoms with E-state index in [4.69, 9.17) is 4.74 Å². The zero-order valence-corrected chi connectivity index (χ0v) is 11.5. The van der Waals surface area contributed by atoms with Gasteiger partial charge in [-0.2, -0.15) is 0 Å². The van der Waals surface area contributed by atoms with Gasteiger partial charge in [-0.05, 0) is 18.4 Å². The number of nitrogens with zero attached hydrogens (tertiary/aromatic N) is 2. The van der Waals surface area contributed by atoms with Crippen molar-refractivity contribution in [2.24, 2.45) is 0 Å². The molecule has 0 aliphatic carbocycles. The van der Waals surface area contributed by atoms with Gasteiger partial charge in [-0.1, -0.05) is 24.3 Å². The van der Waals surface area contributed by atoms with Gasteiger partial charge in [0, 0.05) is 18.6 Å². The third-order valence-corrected chi connectivity index (χ3v) is 2.89. The first-order valence-electron chi connectivity index (χ1n) is 6.38. The number of likely N-dealkylation sites (N-methyl/N-ethyl adjacent to an activating group) is 1. The molecule has 0 aliphatic heterocycles. The first kappa shape index (κ1) is 14.0. The van der Waals surface area contributed by atoms with Gasteiger partial charge >= 0.3 is 5.97 Å². The molecule has 0 radical (unpaired) electrons. The predicted molar refractivity (Wildman–Crippen MR) is 75.3 cm³/mol. The summed E-state index contributed by atoms with van der Waals surface area (Å²) in [4.78, 5) is 29.2. The normalized spacial score (nSPS) is 10.3. The Morgan fingerprint density at radius 2 is 2.00 bits per heavy atom. The van der Waals surface area contributed by atoms with Crippen molar-refractivity contribution >= 4 is 22.6 Å². The Morgan fingerprint density at radius 1 is 1.25 bits per heavy atom. The van der Waals surface area contributed by atoms with Crippen LogP contribution in [0.2, 0.25) is 0 Å². The Balaban J connectivity index is 2.25. The van der Waals surface area contributed by atoms with Crippen molar-refractivity contribution in [1.29, 1.82) is 0 Å². The first-order chi connectivity index (χ1) is 9.63. The third-order valence-electron chi connectivity index (χ3n) is 2.89. The molecule has 0 N–H and O–H groups in total. The zero-order chi connectivity index (χ0) is 14.5. The zero-order valence-electron chi connectivity index (χ0n) is 11.5. The molecule has 0 bridgehead atoms. The quantitative estimate of drug-likeness (QED) is 0.797. The van der Waals surface area contributed by atoms with Crippen molar-refractivity contribution in [1.82, 2.24) is 9.88 Å². The molecule has 0 spiro atoms. The Morgan fingerprint density at radius 3 is 2.75 bits per heavy atom. The minimum Gasteiger partial charge on any atom is -0.465 e. The SMILES string of the molecule is CCOC(=O)CN(C)C(=O)c1nccc2ccccc12. The second kappa shape index (κ2) is 6.14. The van der Waals surface area contributed by atoms with Gasteiger partial charge < -0.3 is 9.64 Å². The van der Waals surface area contributed by atoms with E-state index in [1.165, 1.54) is 4.90 Å². The van der Waals surface area contributed by atoms with Gasteiger partial charge in [0.05, 0.1) is 6.61 Å². The number of aromatic nitrogens is 1. The molecular weight excluding hydrogens is 256 g/mol. The van der Waals surface area contributed by atoms with Gasteiger partial charge in [-0.25, -0.2) is 0 Å². The summed E-state index contributed by atoms with van der Waals surface area (Å²) in [6.45, 7) is 1.94. The van der Waals surface area contributed by atoms with Gasteiger partial charge in [-0.3, -0.25) is 14.6 Å². The average molecular weight is 272 g/mol. The number of rotatable bonds is 4. The van der Waals surface area contributed by atoms with E-state index in [0.29, 0.717) is 12.3 Å². The summed E-state index contributed by atoms with van der Waals surface area (Å²) < 4.78 is 4.83. The van der Waals surface area contributed by atoms with Crippen LogP contribution >= 0.6 is 0 Å². The number of hydrogen-bond donors (Lipinski definition) is 0. The summed E-state index contributed by atoms with van der Waals surface area (Å²) in [6, 6.07) is 9.36. The molecule has 20 heavy (non-hydrogen) atoms. The molecule has 0 unspecified atom stereocenters. The largest absolute Gasteiger partial charge is 0.465 e. The van der Waals surface area contributed by atoms with Crippen molar-refractivity contribution in [3.05, 3.63) is 42.2 Å². The summed E-state index contributed by atoms with van der Waals surface area (Å²) in [6.07, 6.45) is 1.59. The van der Waals surface area contributed by atoms with Gasteiger partial charge in [0.25, 0.3) is 5.91 Å². The fourth-order valence-electron chi connectivity index (χ4n) is 1.94. The van der Waals surface area contributed by atoms with E-state index in [1.807, 2.05) is 30.3 Å². The highest BCUT2D eigenvalue weighted by Crippen LogP contribution is 2.17. The molecular formula is C15H16N2O3. The number of hydrogen-bond acceptors (Lipinski definition) is 4. The lowest BCUT2D eigenvalue weighted by atomic mass is 10.1. The summed E-state index contributed by atoms with van der Waals surface area (Å²) in [7, 11) is 1.56. The van der Waals surface area contributed by atoms with Gasteiger partial charge in [0.15, 0.2) is 0 Å². The lowest BCUT2D eigenvalue weighted by molar-refractivity contribution is -0.143. The Hall–Kier alpha value is -2.43. The van der Waals surface area contributed by atoms with Crippen LogP contribution in [0.4, 0.5) is 0 Å². The molecule has 5 nitrogen and oxygen atoms in total. The fraction of sp³-hybridized carbons (Fsp3) is 0.267. The molecule has 0 aliphatic rings. The molecule has 0 atom stereocenters. The third kappa shape index (κ3) is 2.93. The first-order valence-corrected chi connectivity index (χ1v) is 6.38. The van der Waals surface area contributed by atoms with Crippen LogP contribution in [-0.2, 0) is 9.53 Å². The van der Waals surface area contributed by atoms with Gasteiger partial charge in [-0.15, -0.1) is 0 Å². The molecule has 0 saturated heterocycles. The molecule has 2 rings (SSSR count). The van der Waals surface area contributed by atoms with Gasteiger partial charge in [0.1, 0.15) is 12.2 Å².